The topological polar surface area (TPSA) is 72.5 Å². The molecule has 0 aliphatic carbocycles. The minimum atomic E-state index is -0.860. The summed E-state index contributed by atoms with van der Waals surface area (Å²) in [6.45, 7) is 0. The monoisotopic (exact) mass is 385 g/mol. The highest BCUT2D eigenvalue weighted by molar-refractivity contribution is 6.04. The van der Waals surface area contributed by atoms with Gasteiger partial charge < -0.3 is 20.1 Å². The van der Waals surface area contributed by atoms with E-state index in [1.807, 2.05) is 0 Å². The van der Waals surface area contributed by atoms with Crippen LogP contribution in [-0.2, 0) is 0 Å². The molecular weight excluding hydrogens is 368 g/mol. The maximum Gasteiger partial charge on any atom is 0.257 e. The fourth-order valence-corrected chi connectivity index (χ4v) is 2.52. The molecule has 2 N–H and O–H groups in total. The number of carbonyl (C=O) groups excluding carboxylic acids is 1. The molecule has 0 bridgehead atoms. The summed E-state index contributed by atoms with van der Waals surface area (Å²) in [4.78, 5) is 16.4. The van der Waals surface area contributed by atoms with Crippen LogP contribution in [0, 0.1) is 11.6 Å². The SMILES string of the molecule is COc1ccc(Nc2cncc(C(=O)Nc3c(F)cccc3F)c2)cc1OC. The lowest BCUT2D eigenvalue weighted by atomic mass is 10.2. The van der Waals surface area contributed by atoms with Crippen LogP contribution in [0.2, 0.25) is 0 Å². The maximum atomic E-state index is 13.7. The van der Waals surface area contributed by atoms with Gasteiger partial charge in [0.15, 0.2) is 11.5 Å². The van der Waals surface area contributed by atoms with Crippen LogP contribution in [-0.4, -0.2) is 25.1 Å². The Balaban J connectivity index is 1.80. The molecule has 0 spiro atoms. The van der Waals surface area contributed by atoms with Gasteiger partial charge in [0, 0.05) is 18.0 Å². The van der Waals surface area contributed by atoms with Crippen LogP contribution in [0.4, 0.5) is 25.8 Å². The van der Waals surface area contributed by atoms with E-state index in [1.54, 1.807) is 18.2 Å². The summed E-state index contributed by atoms with van der Waals surface area (Å²) in [6.07, 6.45) is 2.81. The number of methoxy groups -OCH3 is 2. The fraction of sp³-hybridized carbons (Fsp3) is 0.100. The van der Waals surface area contributed by atoms with Crippen molar-refractivity contribution in [2.75, 3.05) is 24.9 Å². The molecule has 0 atom stereocenters. The van der Waals surface area contributed by atoms with Gasteiger partial charge in [-0.1, -0.05) is 6.07 Å². The Hall–Kier alpha value is -3.68. The highest BCUT2D eigenvalue weighted by atomic mass is 19.1. The molecule has 0 unspecified atom stereocenters. The molecule has 144 valence electrons. The van der Waals surface area contributed by atoms with Crippen LogP contribution >= 0.6 is 0 Å². The quantitative estimate of drug-likeness (QED) is 0.659. The van der Waals surface area contributed by atoms with E-state index >= 15 is 0 Å². The van der Waals surface area contributed by atoms with Gasteiger partial charge in [0.05, 0.1) is 31.7 Å². The molecule has 8 heteroatoms. The van der Waals surface area contributed by atoms with E-state index in [0.29, 0.717) is 22.9 Å². The van der Waals surface area contributed by atoms with Gasteiger partial charge in [-0.2, -0.15) is 0 Å². The molecule has 6 nitrogen and oxygen atoms in total. The number of amides is 1. The van der Waals surface area contributed by atoms with E-state index < -0.39 is 23.2 Å². The first-order chi connectivity index (χ1) is 13.5. The summed E-state index contributed by atoms with van der Waals surface area (Å²) in [6, 6.07) is 10.1. The molecule has 0 saturated heterocycles. The largest absolute Gasteiger partial charge is 0.493 e. The normalized spacial score (nSPS) is 10.3. The van der Waals surface area contributed by atoms with Gasteiger partial charge in [-0.25, -0.2) is 8.78 Å². The lowest BCUT2D eigenvalue weighted by Gasteiger charge is -2.12. The molecule has 0 radical (unpaired) electrons. The van der Waals surface area contributed by atoms with Gasteiger partial charge >= 0.3 is 0 Å². The number of nitrogens with one attached hydrogen (secondary N) is 2. The smallest absolute Gasteiger partial charge is 0.257 e. The van der Waals surface area contributed by atoms with Gasteiger partial charge in [-0.3, -0.25) is 9.78 Å². The summed E-state index contributed by atoms with van der Waals surface area (Å²) in [5, 5.41) is 5.31. The van der Waals surface area contributed by atoms with Crippen LogP contribution in [0.5, 0.6) is 11.5 Å². The van der Waals surface area contributed by atoms with E-state index in [-0.39, 0.29) is 5.56 Å². The van der Waals surface area contributed by atoms with E-state index in [4.69, 9.17) is 9.47 Å². The van der Waals surface area contributed by atoms with Gasteiger partial charge in [0.1, 0.15) is 17.3 Å². The number of halogens is 2. The van der Waals surface area contributed by atoms with Crippen molar-refractivity contribution < 1.29 is 23.0 Å². The fourth-order valence-electron chi connectivity index (χ4n) is 2.52. The number of anilines is 3. The standard InChI is InChI=1S/C20H17F2N3O3/c1-27-17-7-6-13(9-18(17)28-2)24-14-8-12(10-23-11-14)20(26)25-19-15(21)4-3-5-16(19)22/h3-11,24H,1-2H3,(H,25,26). The third-order valence-electron chi connectivity index (χ3n) is 3.87. The minimum Gasteiger partial charge on any atom is -0.493 e. The number of rotatable bonds is 6. The molecule has 0 aliphatic heterocycles. The van der Waals surface area contributed by atoms with Gasteiger partial charge in [-0.15, -0.1) is 0 Å². The summed E-state index contributed by atoms with van der Waals surface area (Å²) < 4.78 is 37.9. The molecule has 1 heterocycles. The first-order valence-corrected chi connectivity index (χ1v) is 8.21. The minimum absolute atomic E-state index is 0.133. The number of benzene rings is 2. The Morgan fingerprint density at radius 1 is 0.929 bits per heavy atom. The number of aromatic nitrogens is 1. The van der Waals surface area contributed by atoms with Crippen LogP contribution in [0.25, 0.3) is 0 Å². The second-order valence-corrected chi connectivity index (χ2v) is 5.71. The Morgan fingerprint density at radius 2 is 1.64 bits per heavy atom. The highest BCUT2D eigenvalue weighted by Gasteiger charge is 2.14. The molecule has 3 aromatic rings. The Bertz CT molecular complexity index is 991. The molecule has 1 amide bonds. The number of hydrogen-bond acceptors (Lipinski definition) is 5. The molecule has 0 saturated carbocycles. The van der Waals surface area contributed by atoms with Crippen molar-refractivity contribution in [2.45, 2.75) is 0 Å². The lowest BCUT2D eigenvalue weighted by Crippen LogP contribution is -2.14. The van der Waals surface area contributed by atoms with E-state index in [1.165, 1.54) is 38.7 Å². The number of nitrogens with zero attached hydrogens (tertiary/aromatic N) is 1. The Kier molecular flexibility index (Phi) is 5.69. The maximum absolute atomic E-state index is 13.7. The molecular formula is C20H17F2N3O3. The Labute approximate surface area is 160 Å². The summed E-state index contributed by atoms with van der Waals surface area (Å²) in [5.41, 5.74) is 0.810. The third kappa shape index (κ3) is 4.17. The van der Waals surface area contributed by atoms with Gasteiger partial charge in [0.2, 0.25) is 0 Å². The second-order valence-electron chi connectivity index (χ2n) is 5.71. The van der Waals surface area contributed by atoms with Crippen molar-refractivity contribution in [2.24, 2.45) is 0 Å². The van der Waals surface area contributed by atoms with Crippen molar-refractivity contribution in [3.8, 4) is 11.5 Å². The zero-order valence-electron chi connectivity index (χ0n) is 15.1. The predicted octanol–water partition coefficient (Wildman–Crippen LogP) is 4.37. The molecule has 2 aromatic carbocycles. The average molecular weight is 385 g/mol. The third-order valence-corrected chi connectivity index (χ3v) is 3.87. The Morgan fingerprint density at radius 3 is 2.32 bits per heavy atom. The van der Waals surface area contributed by atoms with E-state index in [0.717, 1.165) is 12.1 Å². The lowest BCUT2D eigenvalue weighted by molar-refractivity contribution is 0.102. The average Bonchev–Trinajstić information content (AvgIpc) is 2.70. The highest BCUT2D eigenvalue weighted by Crippen LogP contribution is 2.31. The van der Waals surface area contributed by atoms with Crippen molar-refractivity contribution in [1.82, 2.24) is 4.98 Å². The zero-order chi connectivity index (χ0) is 20.1. The van der Waals surface area contributed by atoms with Crippen molar-refractivity contribution in [3.05, 3.63) is 72.1 Å². The molecule has 0 fully saturated rings. The van der Waals surface area contributed by atoms with Crippen LogP contribution < -0.4 is 20.1 Å². The van der Waals surface area contributed by atoms with E-state index in [9.17, 15) is 13.6 Å². The number of carbonyl (C=O) groups is 1. The van der Waals surface area contributed by atoms with Crippen molar-refractivity contribution >= 4 is 23.0 Å². The number of hydrogen-bond donors (Lipinski definition) is 2. The van der Waals surface area contributed by atoms with Crippen LogP contribution in [0.3, 0.4) is 0 Å². The molecule has 0 aliphatic rings. The van der Waals surface area contributed by atoms with E-state index in [2.05, 4.69) is 15.6 Å². The summed E-state index contributed by atoms with van der Waals surface area (Å²) in [5.74, 6) is -1.30. The molecule has 28 heavy (non-hydrogen) atoms. The number of ether oxygens (including phenoxy) is 2. The molecule has 1 aromatic heterocycles. The summed E-state index contributed by atoms with van der Waals surface area (Å²) >= 11 is 0. The molecule has 3 rings (SSSR count). The number of para-hydroxylation sites is 1. The first kappa shape index (κ1) is 19.1. The van der Waals surface area contributed by atoms with Crippen molar-refractivity contribution in [3.63, 3.8) is 0 Å². The summed E-state index contributed by atoms with van der Waals surface area (Å²) in [7, 11) is 3.06. The zero-order valence-corrected chi connectivity index (χ0v) is 15.1. The van der Waals surface area contributed by atoms with Crippen LogP contribution in [0.15, 0.2) is 54.9 Å². The number of pyridine rings is 1. The van der Waals surface area contributed by atoms with Crippen molar-refractivity contribution in [1.29, 1.82) is 0 Å². The second kappa shape index (κ2) is 8.34. The van der Waals surface area contributed by atoms with Gasteiger partial charge in [-0.05, 0) is 30.3 Å². The first-order valence-electron chi connectivity index (χ1n) is 8.21. The van der Waals surface area contributed by atoms with Gasteiger partial charge in [0.25, 0.3) is 5.91 Å². The predicted molar refractivity (Wildman–Crippen MR) is 101 cm³/mol. The van der Waals surface area contributed by atoms with Crippen LogP contribution in [0.1, 0.15) is 10.4 Å².